The van der Waals surface area contributed by atoms with Crippen LogP contribution in [0.5, 0.6) is 0 Å². The summed E-state index contributed by atoms with van der Waals surface area (Å²) in [4.78, 5) is 22.5. The van der Waals surface area contributed by atoms with E-state index < -0.39 is 28.0 Å². The molecule has 0 spiro atoms. The number of benzene rings is 1. The predicted octanol–water partition coefficient (Wildman–Crippen LogP) is 3.75. The van der Waals surface area contributed by atoms with Gasteiger partial charge in [-0.15, -0.1) is 0 Å². The summed E-state index contributed by atoms with van der Waals surface area (Å²) in [6.07, 6.45) is 0. The van der Waals surface area contributed by atoms with Crippen LogP contribution in [0.15, 0.2) is 22.7 Å². The first-order valence-electron chi connectivity index (χ1n) is 6.21. The average molecular weight is 328 g/mol. The molecule has 1 amide bonds. The van der Waals surface area contributed by atoms with E-state index in [4.69, 9.17) is 16.1 Å². The molecule has 7 nitrogen and oxygen atoms in total. The van der Waals surface area contributed by atoms with Crippen molar-refractivity contribution in [3.05, 3.63) is 50.6 Å². The van der Waals surface area contributed by atoms with E-state index in [0.29, 0.717) is 0 Å². The van der Waals surface area contributed by atoms with Gasteiger partial charge in [-0.2, -0.15) is 0 Å². The maximum absolute atomic E-state index is 13.1. The third-order valence-corrected chi connectivity index (χ3v) is 3.08. The van der Waals surface area contributed by atoms with Crippen molar-refractivity contribution in [1.82, 2.24) is 5.16 Å². The molecule has 22 heavy (non-hydrogen) atoms. The summed E-state index contributed by atoms with van der Waals surface area (Å²) in [5, 5.41) is 16.7. The van der Waals surface area contributed by atoms with Crippen LogP contribution in [0.25, 0.3) is 0 Å². The molecule has 2 aromatic rings. The zero-order valence-corrected chi connectivity index (χ0v) is 12.3. The number of nitro groups is 1. The van der Waals surface area contributed by atoms with E-state index in [1.165, 1.54) is 12.1 Å². The average Bonchev–Trinajstić information content (AvgIpc) is 2.88. The van der Waals surface area contributed by atoms with Crippen LogP contribution in [-0.2, 0) is 0 Å². The van der Waals surface area contributed by atoms with Gasteiger partial charge in [0.15, 0.2) is 0 Å². The number of rotatable bonds is 4. The number of carbonyl (C=O) groups is 1. The van der Waals surface area contributed by atoms with Crippen LogP contribution >= 0.6 is 11.6 Å². The smallest absolute Gasteiger partial charge is 0.344 e. The Bertz CT molecular complexity index is 745. The van der Waals surface area contributed by atoms with Gasteiger partial charge in [0, 0.05) is 11.6 Å². The molecule has 0 saturated carbocycles. The lowest BCUT2D eigenvalue weighted by atomic mass is 10.1. The lowest BCUT2D eigenvalue weighted by molar-refractivity contribution is -0.386. The summed E-state index contributed by atoms with van der Waals surface area (Å²) in [5.41, 5.74) is -0.755. The highest BCUT2D eigenvalue weighted by atomic mass is 35.5. The zero-order valence-electron chi connectivity index (χ0n) is 11.6. The number of hydrogen-bond acceptors (Lipinski definition) is 5. The van der Waals surface area contributed by atoms with Crippen molar-refractivity contribution in [2.24, 2.45) is 0 Å². The molecule has 0 unspecified atom stereocenters. The summed E-state index contributed by atoms with van der Waals surface area (Å²) in [6.45, 7) is 3.35. The molecule has 0 atom stereocenters. The van der Waals surface area contributed by atoms with Crippen molar-refractivity contribution in [2.45, 2.75) is 19.8 Å². The van der Waals surface area contributed by atoms with Gasteiger partial charge in [0.2, 0.25) is 11.5 Å². The number of halogens is 2. The van der Waals surface area contributed by atoms with Crippen molar-refractivity contribution < 1.29 is 18.6 Å². The van der Waals surface area contributed by atoms with Crippen LogP contribution in [0.1, 0.15) is 36.0 Å². The molecule has 0 bridgehead atoms. The second kappa shape index (κ2) is 6.10. The summed E-state index contributed by atoms with van der Waals surface area (Å²) in [6, 6.07) is 3.52. The molecule has 0 radical (unpaired) electrons. The quantitative estimate of drug-likeness (QED) is 0.681. The Morgan fingerprint density at radius 3 is 2.73 bits per heavy atom. The van der Waals surface area contributed by atoms with Gasteiger partial charge < -0.3 is 9.84 Å². The van der Waals surface area contributed by atoms with Crippen LogP contribution < -0.4 is 5.32 Å². The van der Waals surface area contributed by atoms with Crippen molar-refractivity contribution in [2.75, 3.05) is 5.32 Å². The van der Waals surface area contributed by atoms with Gasteiger partial charge in [0.1, 0.15) is 5.82 Å². The fourth-order valence-corrected chi connectivity index (χ4v) is 1.95. The van der Waals surface area contributed by atoms with Gasteiger partial charge in [-0.1, -0.05) is 30.6 Å². The maximum atomic E-state index is 13.1. The standard InChI is InChI=1S/C13H11ClFN3O4/c1-6(2)12-11(18(20)21)10(17-22-12)13(19)16-7-3-4-9(15)8(14)5-7/h3-6H,1-2H3,(H,16,19). The predicted molar refractivity (Wildman–Crippen MR) is 76.6 cm³/mol. The van der Waals surface area contributed by atoms with Gasteiger partial charge in [-0.25, -0.2) is 4.39 Å². The minimum atomic E-state index is -0.843. The molecule has 1 heterocycles. The topological polar surface area (TPSA) is 98.3 Å². The number of amides is 1. The van der Waals surface area contributed by atoms with E-state index in [1.54, 1.807) is 13.8 Å². The first-order valence-corrected chi connectivity index (χ1v) is 6.59. The molecule has 0 aliphatic rings. The second-order valence-corrected chi connectivity index (χ2v) is 5.15. The number of anilines is 1. The van der Waals surface area contributed by atoms with E-state index in [0.717, 1.165) is 6.07 Å². The van der Waals surface area contributed by atoms with Crippen LogP contribution in [0.4, 0.5) is 15.8 Å². The number of nitrogens with zero attached hydrogens (tertiary/aromatic N) is 2. The maximum Gasteiger partial charge on any atom is 0.344 e. The molecule has 0 aliphatic carbocycles. The summed E-state index contributed by atoms with van der Waals surface area (Å²) in [7, 11) is 0. The third-order valence-electron chi connectivity index (χ3n) is 2.79. The first-order chi connectivity index (χ1) is 10.3. The van der Waals surface area contributed by atoms with Crippen LogP contribution in [0.3, 0.4) is 0 Å². The minimum absolute atomic E-state index is 0.00675. The summed E-state index contributed by atoms with van der Waals surface area (Å²) >= 11 is 5.60. The van der Waals surface area contributed by atoms with Gasteiger partial charge in [-0.3, -0.25) is 14.9 Å². The lowest BCUT2D eigenvalue weighted by Gasteiger charge is -2.04. The van der Waals surface area contributed by atoms with Gasteiger partial charge in [0.25, 0.3) is 5.91 Å². The Hall–Kier alpha value is -2.48. The Balaban J connectivity index is 2.33. The number of nitrogens with one attached hydrogen (secondary N) is 1. The molecule has 1 aromatic heterocycles. The van der Waals surface area contributed by atoms with Crippen LogP contribution in [0.2, 0.25) is 5.02 Å². The molecule has 0 saturated heterocycles. The van der Waals surface area contributed by atoms with Crippen molar-refractivity contribution in [1.29, 1.82) is 0 Å². The monoisotopic (exact) mass is 327 g/mol. The van der Waals surface area contributed by atoms with Crippen molar-refractivity contribution >= 4 is 28.9 Å². The molecule has 0 fully saturated rings. The zero-order chi connectivity index (χ0) is 16.4. The van der Waals surface area contributed by atoms with E-state index in [9.17, 15) is 19.3 Å². The van der Waals surface area contributed by atoms with E-state index in [1.807, 2.05) is 0 Å². The van der Waals surface area contributed by atoms with Gasteiger partial charge in [0.05, 0.1) is 9.95 Å². The lowest BCUT2D eigenvalue weighted by Crippen LogP contribution is -2.14. The molecule has 2 rings (SSSR count). The third kappa shape index (κ3) is 3.06. The van der Waals surface area contributed by atoms with Crippen LogP contribution in [0, 0.1) is 15.9 Å². The van der Waals surface area contributed by atoms with Crippen molar-refractivity contribution in [3.63, 3.8) is 0 Å². The number of aromatic nitrogens is 1. The number of carbonyl (C=O) groups excluding carboxylic acids is 1. The molecule has 1 N–H and O–H groups in total. The van der Waals surface area contributed by atoms with Gasteiger partial charge >= 0.3 is 5.69 Å². The highest BCUT2D eigenvalue weighted by Gasteiger charge is 2.33. The fraction of sp³-hybridized carbons (Fsp3) is 0.231. The molecule has 116 valence electrons. The minimum Gasteiger partial charge on any atom is -0.353 e. The van der Waals surface area contributed by atoms with Gasteiger partial charge in [-0.05, 0) is 18.2 Å². The molecular formula is C13H11ClFN3O4. The van der Waals surface area contributed by atoms with E-state index in [-0.39, 0.29) is 22.4 Å². The summed E-state index contributed by atoms with van der Waals surface area (Å²) in [5.74, 6) is -1.79. The Morgan fingerprint density at radius 1 is 1.50 bits per heavy atom. The first kappa shape index (κ1) is 15.9. The Morgan fingerprint density at radius 2 is 2.18 bits per heavy atom. The van der Waals surface area contributed by atoms with Crippen LogP contribution in [-0.4, -0.2) is 16.0 Å². The molecule has 0 aliphatic heterocycles. The Kier molecular flexibility index (Phi) is 4.41. The molecule has 1 aromatic carbocycles. The Labute approximate surface area is 129 Å². The van der Waals surface area contributed by atoms with Crippen molar-refractivity contribution in [3.8, 4) is 0 Å². The number of hydrogen-bond donors (Lipinski definition) is 1. The molecular weight excluding hydrogens is 317 g/mol. The largest absolute Gasteiger partial charge is 0.353 e. The highest BCUT2D eigenvalue weighted by molar-refractivity contribution is 6.31. The molecule has 9 heteroatoms. The fourth-order valence-electron chi connectivity index (χ4n) is 1.77. The SMILES string of the molecule is CC(C)c1onc(C(=O)Nc2ccc(F)c(Cl)c2)c1[N+](=O)[O-]. The van der Waals surface area contributed by atoms with E-state index in [2.05, 4.69) is 10.5 Å². The highest BCUT2D eigenvalue weighted by Crippen LogP contribution is 2.30. The van der Waals surface area contributed by atoms with E-state index >= 15 is 0 Å². The normalized spacial score (nSPS) is 10.8. The second-order valence-electron chi connectivity index (χ2n) is 4.74. The summed E-state index contributed by atoms with van der Waals surface area (Å²) < 4.78 is 17.9.